The van der Waals surface area contributed by atoms with E-state index in [2.05, 4.69) is 26.6 Å². The second-order valence-corrected chi connectivity index (χ2v) is 5.48. The predicted molar refractivity (Wildman–Crippen MR) is 73.5 cm³/mol. The van der Waals surface area contributed by atoms with Gasteiger partial charge in [-0.3, -0.25) is 9.59 Å². The normalized spacial score (nSPS) is 19.2. The Balaban J connectivity index is 2.00. The molecule has 2 amide bonds. The highest BCUT2D eigenvalue weighted by Gasteiger charge is 2.24. The van der Waals surface area contributed by atoms with E-state index in [1.807, 2.05) is 6.07 Å². The van der Waals surface area contributed by atoms with Crippen molar-refractivity contribution in [2.24, 2.45) is 5.92 Å². The van der Waals surface area contributed by atoms with Crippen molar-refractivity contribution in [2.75, 3.05) is 11.9 Å². The number of carbonyl (C=O) groups excluding carboxylic acids is 2. The molecule has 96 valence electrons. The number of rotatable bonds is 2. The molecule has 2 rings (SSSR count). The van der Waals surface area contributed by atoms with Crippen LogP contribution in [0.1, 0.15) is 12.8 Å². The summed E-state index contributed by atoms with van der Waals surface area (Å²) in [5, 5.41) is 5.95. The minimum atomic E-state index is -0.192. The molecule has 1 aromatic carbocycles. The van der Waals surface area contributed by atoms with Crippen LogP contribution in [0.4, 0.5) is 5.69 Å². The van der Waals surface area contributed by atoms with Crippen molar-refractivity contribution in [3.05, 3.63) is 27.7 Å². The maximum atomic E-state index is 12.0. The topological polar surface area (TPSA) is 58.2 Å². The number of benzene rings is 1. The van der Waals surface area contributed by atoms with Gasteiger partial charge in [0, 0.05) is 17.4 Å². The van der Waals surface area contributed by atoms with E-state index in [1.54, 1.807) is 12.1 Å². The first kappa shape index (κ1) is 13.4. The van der Waals surface area contributed by atoms with Crippen LogP contribution in [0.5, 0.6) is 0 Å². The van der Waals surface area contributed by atoms with Crippen molar-refractivity contribution < 1.29 is 9.59 Å². The summed E-state index contributed by atoms with van der Waals surface area (Å²) in [6, 6.07) is 5.27. The van der Waals surface area contributed by atoms with Gasteiger partial charge in [-0.25, -0.2) is 0 Å². The summed E-state index contributed by atoms with van der Waals surface area (Å²) in [6.07, 6.45) is 0.970. The van der Waals surface area contributed by atoms with Crippen molar-refractivity contribution >= 4 is 45.0 Å². The molecule has 1 aromatic rings. The molecule has 18 heavy (non-hydrogen) atoms. The van der Waals surface area contributed by atoms with Crippen LogP contribution in [0.2, 0.25) is 5.02 Å². The molecule has 1 heterocycles. The van der Waals surface area contributed by atoms with Gasteiger partial charge >= 0.3 is 0 Å². The molecule has 0 aromatic heterocycles. The summed E-state index contributed by atoms with van der Waals surface area (Å²) >= 11 is 9.32. The molecule has 4 nitrogen and oxygen atoms in total. The molecule has 0 spiro atoms. The fourth-order valence-corrected chi connectivity index (χ4v) is 2.50. The molecule has 0 saturated carbocycles. The van der Waals surface area contributed by atoms with E-state index in [9.17, 15) is 9.59 Å². The zero-order valence-corrected chi connectivity index (χ0v) is 11.8. The Morgan fingerprint density at radius 3 is 2.89 bits per heavy atom. The largest absolute Gasteiger partial charge is 0.355 e. The number of halogens is 2. The summed E-state index contributed by atoms with van der Waals surface area (Å²) in [5.41, 5.74) is 0.585. The molecule has 0 bridgehead atoms. The van der Waals surface area contributed by atoms with E-state index < -0.39 is 0 Å². The summed E-state index contributed by atoms with van der Waals surface area (Å²) in [5.74, 6) is -0.303. The smallest absolute Gasteiger partial charge is 0.229 e. The number of amides is 2. The van der Waals surface area contributed by atoms with Crippen molar-refractivity contribution in [3.63, 3.8) is 0 Å². The molecule has 0 radical (unpaired) electrons. The van der Waals surface area contributed by atoms with Gasteiger partial charge < -0.3 is 10.6 Å². The lowest BCUT2D eigenvalue weighted by Crippen LogP contribution is -2.40. The van der Waals surface area contributed by atoms with E-state index >= 15 is 0 Å². The maximum Gasteiger partial charge on any atom is 0.229 e. The Kier molecular flexibility index (Phi) is 4.24. The maximum absolute atomic E-state index is 12.0. The van der Waals surface area contributed by atoms with Crippen LogP contribution < -0.4 is 10.6 Å². The zero-order valence-electron chi connectivity index (χ0n) is 9.50. The zero-order chi connectivity index (χ0) is 13.1. The molecular formula is C12H12BrClN2O2. The van der Waals surface area contributed by atoms with Gasteiger partial charge in [-0.2, -0.15) is 0 Å². The third-order valence-corrected chi connectivity index (χ3v) is 3.63. The predicted octanol–water partition coefficient (Wildman–Crippen LogP) is 2.57. The lowest BCUT2D eigenvalue weighted by atomic mass is 9.98. The number of piperidine rings is 1. The van der Waals surface area contributed by atoms with E-state index in [4.69, 9.17) is 11.6 Å². The third-order valence-electron chi connectivity index (χ3n) is 2.83. The lowest BCUT2D eigenvalue weighted by molar-refractivity contribution is -0.126. The van der Waals surface area contributed by atoms with Crippen LogP contribution in [0.15, 0.2) is 22.7 Å². The Hall–Kier alpha value is -1.07. The van der Waals surface area contributed by atoms with Crippen molar-refractivity contribution in [1.29, 1.82) is 0 Å². The van der Waals surface area contributed by atoms with E-state index in [-0.39, 0.29) is 17.7 Å². The van der Waals surface area contributed by atoms with Crippen LogP contribution in [0, 0.1) is 5.92 Å². The second-order valence-electron chi connectivity index (χ2n) is 4.15. The lowest BCUT2D eigenvalue weighted by Gasteiger charge is -2.21. The van der Waals surface area contributed by atoms with Crippen molar-refractivity contribution in [2.45, 2.75) is 12.8 Å². The standard InChI is InChI=1S/C12H12BrClN2O2/c13-8-2-3-10(9(14)5-8)16-12(18)7-1-4-11(17)15-6-7/h2-3,5,7H,1,4,6H2,(H,15,17)(H,16,18). The quantitative estimate of drug-likeness (QED) is 0.875. The SMILES string of the molecule is O=C1CCC(C(=O)Nc2ccc(Br)cc2Cl)CN1. The number of carbonyl (C=O) groups is 2. The molecule has 1 unspecified atom stereocenters. The molecule has 0 aliphatic carbocycles. The summed E-state index contributed by atoms with van der Waals surface area (Å²) < 4.78 is 0.857. The van der Waals surface area contributed by atoms with Gasteiger partial charge in [-0.1, -0.05) is 27.5 Å². The van der Waals surface area contributed by atoms with Crippen LogP contribution >= 0.6 is 27.5 Å². The Morgan fingerprint density at radius 2 is 2.28 bits per heavy atom. The van der Waals surface area contributed by atoms with Crippen molar-refractivity contribution in [3.8, 4) is 0 Å². The van der Waals surface area contributed by atoms with Crippen LogP contribution in [0.3, 0.4) is 0 Å². The average Bonchev–Trinajstić information content (AvgIpc) is 2.33. The summed E-state index contributed by atoms with van der Waals surface area (Å²) in [4.78, 5) is 23.0. The van der Waals surface area contributed by atoms with Gasteiger partial charge in [0.2, 0.25) is 11.8 Å². The Labute approximate surface area is 118 Å². The molecule has 1 saturated heterocycles. The van der Waals surface area contributed by atoms with Gasteiger partial charge in [-0.15, -0.1) is 0 Å². The van der Waals surface area contributed by atoms with E-state index in [0.717, 1.165) is 4.47 Å². The van der Waals surface area contributed by atoms with Crippen LogP contribution in [-0.4, -0.2) is 18.4 Å². The highest BCUT2D eigenvalue weighted by molar-refractivity contribution is 9.10. The molecule has 1 aliphatic rings. The minimum absolute atomic E-state index is 0.000670. The summed E-state index contributed by atoms with van der Waals surface area (Å²) in [7, 11) is 0. The minimum Gasteiger partial charge on any atom is -0.355 e. The van der Waals surface area contributed by atoms with E-state index in [0.29, 0.717) is 30.1 Å². The average molecular weight is 332 g/mol. The second kappa shape index (κ2) is 5.71. The van der Waals surface area contributed by atoms with Gasteiger partial charge in [0.25, 0.3) is 0 Å². The fraction of sp³-hybridized carbons (Fsp3) is 0.333. The molecule has 1 fully saturated rings. The first-order valence-corrected chi connectivity index (χ1v) is 6.76. The molecular weight excluding hydrogens is 320 g/mol. The number of nitrogens with one attached hydrogen (secondary N) is 2. The molecule has 1 atom stereocenters. The van der Waals surface area contributed by atoms with Crippen LogP contribution in [-0.2, 0) is 9.59 Å². The monoisotopic (exact) mass is 330 g/mol. The van der Waals surface area contributed by atoms with Gasteiger partial charge in [0.15, 0.2) is 0 Å². The third kappa shape index (κ3) is 3.23. The molecule has 6 heteroatoms. The number of hydrogen-bond donors (Lipinski definition) is 2. The van der Waals surface area contributed by atoms with Crippen LogP contribution in [0.25, 0.3) is 0 Å². The van der Waals surface area contributed by atoms with Gasteiger partial charge in [0.05, 0.1) is 16.6 Å². The van der Waals surface area contributed by atoms with Crippen molar-refractivity contribution in [1.82, 2.24) is 5.32 Å². The Bertz CT molecular complexity index is 483. The summed E-state index contributed by atoms with van der Waals surface area (Å²) in [6.45, 7) is 0.388. The highest BCUT2D eigenvalue weighted by Crippen LogP contribution is 2.26. The van der Waals surface area contributed by atoms with E-state index in [1.165, 1.54) is 0 Å². The Morgan fingerprint density at radius 1 is 1.50 bits per heavy atom. The first-order chi connectivity index (χ1) is 8.56. The number of anilines is 1. The van der Waals surface area contributed by atoms with Gasteiger partial charge in [-0.05, 0) is 24.6 Å². The molecule has 1 aliphatic heterocycles. The van der Waals surface area contributed by atoms with Gasteiger partial charge in [0.1, 0.15) is 0 Å². The molecule has 2 N–H and O–H groups in total. The fourth-order valence-electron chi connectivity index (χ4n) is 1.78. The first-order valence-electron chi connectivity index (χ1n) is 5.59. The highest BCUT2D eigenvalue weighted by atomic mass is 79.9. The number of hydrogen-bond acceptors (Lipinski definition) is 2.